The maximum Gasteiger partial charge on any atom is 0.219 e. The molecule has 1 aromatic rings. The highest BCUT2D eigenvalue weighted by Crippen LogP contribution is 2.32. The fraction of sp³-hybridized carbons (Fsp3) is 0.533. The van der Waals surface area contributed by atoms with Crippen LogP contribution < -0.4 is 4.74 Å². The lowest BCUT2D eigenvalue weighted by molar-refractivity contribution is -0.131. The van der Waals surface area contributed by atoms with Gasteiger partial charge in [0.2, 0.25) is 5.91 Å². The molecular weight excluding hydrogens is 242 g/mol. The molecule has 0 bridgehead atoms. The van der Waals surface area contributed by atoms with Crippen LogP contribution in [0, 0.1) is 0 Å². The molecule has 1 amide bonds. The summed E-state index contributed by atoms with van der Waals surface area (Å²) in [5, 5.41) is 0. The van der Waals surface area contributed by atoms with Gasteiger partial charge in [0.25, 0.3) is 0 Å². The number of carbonyl (C=O) groups is 1. The van der Waals surface area contributed by atoms with Gasteiger partial charge in [0.1, 0.15) is 18.5 Å². The summed E-state index contributed by atoms with van der Waals surface area (Å²) in [5.41, 5.74) is 2.52. The highest BCUT2D eigenvalue weighted by molar-refractivity contribution is 5.74. The summed E-state index contributed by atoms with van der Waals surface area (Å²) in [5.74, 6) is 1.04. The average molecular weight is 261 g/mol. The van der Waals surface area contributed by atoms with Crippen LogP contribution >= 0.6 is 0 Å². The molecule has 2 aliphatic heterocycles. The van der Waals surface area contributed by atoms with Gasteiger partial charge in [-0.05, 0) is 36.6 Å². The van der Waals surface area contributed by atoms with Crippen LogP contribution in [0.15, 0.2) is 18.2 Å². The number of epoxide rings is 1. The minimum atomic E-state index is 0.143. The second-order valence-electron chi connectivity index (χ2n) is 5.27. The van der Waals surface area contributed by atoms with Crippen molar-refractivity contribution < 1.29 is 14.3 Å². The Morgan fingerprint density at radius 1 is 1.53 bits per heavy atom. The van der Waals surface area contributed by atoms with E-state index in [1.54, 1.807) is 6.92 Å². The van der Waals surface area contributed by atoms with Crippen molar-refractivity contribution in [2.45, 2.75) is 32.4 Å². The van der Waals surface area contributed by atoms with Crippen molar-refractivity contribution in [2.75, 3.05) is 19.8 Å². The Morgan fingerprint density at radius 3 is 3.00 bits per heavy atom. The van der Waals surface area contributed by atoms with Crippen molar-refractivity contribution in [1.29, 1.82) is 0 Å². The molecule has 4 heteroatoms. The Morgan fingerprint density at radius 2 is 2.32 bits per heavy atom. The smallest absolute Gasteiger partial charge is 0.219 e. The molecule has 19 heavy (non-hydrogen) atoms. The minimum Gasteiger partial charge on any atom is -0.491 e. The highest BCUT2D eigenvalue weighted by Gasteiger charge is 2.26. The lowest BCUT2D eigenvalue weighted by atomic mass is 9.93. The largest absolute Gasteiger partial charge is 0.491 e. The SMILES string of the molecule is CC(=O)N1CCc2cc(OCC3CO3)ccc2C1C. The number of ether oxygens (including phenoxy) is 2. The van der Waals surface area contributed by atoms with E-state index in [0.29, 0.717) is 6.61 Å². The van der Waals surface area contributed by atoms with Crippen LogP contribution in [-0.2, 0) is 16.0 Å². The number of hydrogen-bond acceptors (Lipinski definition) is 3. The predicted molar refractivity (Wildman–Crippen MR) is 71.2 cm³/mol. The average Bonchev–Trinajstić information content (AvgIpc) is 3.20. The summed E-state index contributed by atoms with van der Waals surface area (Å²) in [6.07, 6.45) is 1.18. The van der Waals surface area contributed by atoms with Crippen LogP contribution in [0.5, 0.6) is 5.75 Å². The number of fused-ring (bicyclic) bond motifs is 1. The molecule has 2 heterocycles. The van der Waals surface area contributed by atoms with Crippen LogP contribution in [0.1, 0.15) is 31.0 Å². The monoisotopic (exact) mass is 261 g/mol. The van der Waals surface area contributed by atoms with Gasteiger partial charge in [-0.1, -0.05) is 6.07 Å². The van der Waals surface area contributed by atoms with Crippen molar-refractivity contribution in [3.8, 4) is 5.75 Å². The number of rotatable bonds is 3. The Labute approximate surface area is 113 Å². The number of benzene rings is 1. The zero-order valence-corrected chi connectivity index (χ0v) is 11.4. The first-order chi connectivity index (χ1) is 9.15. The third-order valence-corrected chi connectivity index (χ3v) is 3.90. The third-order valence-electron chi connectivity index (χ3n) is 3.90. The Hall–Kier alpha value is -1.55. The van der Waals surface area contributed by atoms with Crippen molar-refractivity contribution in [3.05, 3.63) is 29.3 Å². The molecule has 0 aromatic heterocycles. The van der Waals surface area contributed by atoms with Gasteiger partial charge < -0.3 is 14.4 Å². The van der Waals surface area contributed by atoms with Gasteiger partial charge >= 0.3 is 0 Å². The fourth-order valence-corrected chi connectivity index (χ4v) is 2.68. The van der Waals surface area contributed by atoms with Gasteiger partial charge in [-0.3, -0.25) is 4.79 Å². The Bertz CT molecular complexity index is 496. The van der Waals surface area contributed by atoms with Crippen molar-refractivity contribution >= 4 is 5.91 Å². The first-order valence-corrected chi connectivity index (χ1v) is 6.79. The molecule has 0 aliphatic carbocycles. The maximum absolute atomic E-state index is 11.6. The molecule has 4 nitrogen and oxygen atoms in total. The molecule has 0 N–H and O–H groups in total. The first-order valence-electron chi connectivity index (χ1n) is 6.79. The molecule has 0 saturated carbocycles. The molecule has 2 aliphatic rings. The second-order valence-corrected chi connectivity index (χ2v) is 5.27. The zero-order valence-electron chi connectivity index (χ0n) is 11.4. The van der Waals surface area contributed by atoms with E-state index in [9.17, 15) is 4.79 Å². The van der Waals surface area contributed by atoms with Crippen LogP contribution in [0.3, 0.4) is 0 Å². The van der Waals surface area contributed by atoms with Crippen LogP contribution in [0.25, 0.3) is 0 Å². The van der Waals surface area contributed by atoms with Crippen LogP contribution in [0.4, 0.5) is 0 Å². The Balaban J connectivity index is 1.76. The summed E-state index contributed by atoms with van der Waals surface area (Å²) in [6, 6.07) is 6.33. The molecular formula is C15H19NO3. The molecule has 1 fully saturated rings. The van der Waals surface area contributed by atoms with Crippen molar-refractivity contribution in [1.82, 2.24) is 4.90 Å². The highest BCUT2D eigenvalue weighted by atomic mass is 16.6. The van der Waals surface area contributed by atoms with Crippen LogP contribution in [-0.4, -0.2) is 36.7 Å². The molecule has 2 atom stereocenters. The summed E-state index contributed by atoms with van der Waals surface area (Å²) in [6.45, 7) is 5.95. The molecule has 1 saturated heterocycles. The van der Waals surface area contributed by atoms with Gasteiger partial charge in [-0.2, -0.15) is 0 Å². The quantitative estimate of drug-likeness (QED) is 0.781. The number of carbonyl (C=O) groups excluding carboxylic acids is 1. The number of nitrogens with zero attached hydrogens (tertiary/aromatic N) is 1. The molecule has 102 valence electrons. The third kappa shape index (κ3) is 2.59. The summed E-state index contributed by atoms with van der Waals surface area (Å²) >= 11 is 0. The van der Waals surface area contributed by atoms with Gasteiger partial charge in [-0.15, -0.1) is 0 Å². The topological polar surface area (TPSA) is 42.1 Å². The first kappa shape index (κ1) is 12.5. The molecule has 1 aromatic carbocycles. The van der Waals surface area contributed by atoms with Gasteiger partial charge in [0, 0.05) is 13.5 Å². The van der Waals surface area contributed by atoms with E-state index in [0.717, 1.165) is 25.3 Å². The van der Waals surface area contributed by atoms with E-state index in [-0.39, 0.29) is 18.1 Å². The van der Waals surface area contributed by atoms with E-state index in [2.05, 4.69) is 19.1 Å². The summed E-state index contributed by atoms with van der Waals surface area (Å²) < 4.78 is 10.8. The zero-order chi connectivity index (χ0) is 13.4. The maximum atomic E-state index is 11.6. The molecule has 2 unspecified atom stereocenters. The van der Waals surface area contributed by atoms with Gasteiger partial charge in [-0.25, -0.2) is 0 Å². The second kappa shape index (κ2) is 4.85. The standard InChI is InChI=1S/C15H19NO3/c1-10-15-4-3-13(18-8-14-9-19-14)7-12(15)5-6-16(10)11(2)17/h3-4,7,10,14H,5-6,8-9H2,1-2H3. The fourth-order valence-electron chi connectivity index (χ4n) is 2.68. The van der Waals surface area contributed by atoms with E-state index >= 15 is 0 Å². The Kier molecular flexibility index (Phi) is 3.19. The van der Waals surface area contributed by atoms with E-state index in [1.165, 1.54) is 11.1 Å². The molecule has 0 spiro atoms. The number of hydrogen-bond donors (Lipinski definition) is 0. The lowest BCUT2D eigenvalue weighted by Crippen LogP contribution is -2.37. The molecule has 3 rings (SSSR count). The van der Waals surface area contributed by atoms with E-state index in [4.69, 9.17) is 9.47 Å². The van der Waals surface area contributed by atoms with Crippen molar-refractivity contribution in [3.63, 3.8) is 0 Å². The predicted octanol–water partition coefficient (Wildman–Crippen LogP) is 1.93. The van der Waals surface area contributed by atoms with E-state index < -0.39 is 0 Å². The lowest BCUT2D eigenvalue weighted by Gasteiger charge is -2.34. The van der Waals surface area contributed by atoms with E-state index in [1.807, 2.05) is 11.0 Å². The molecule has 0 radical (unpaired) electrons. The normalized spacial score (nSPS) is 24.8. The van der Waals surface area contributed by atoms with Crippen LogP contribution in [0.2, 0.25) is 0 Å². The number of amides is 1. The van der Waals surface area contributed by atoms with Crippen molar-refractivity contribution in [2.24, 2.45) is 0 Å². The summed E-state index contributed by atoms with van der Waals surface area (Å²) in [4.78, 5) is 13.5. The van der Waals surface area contributed by atoms with Gasteiger partial charge in [0.05, 0.1) is 12.6 Å². The minimum absolute atomic E-state index is 0.143. The summed E-state index contributed by atoms with van der Waals surface area (Å²) in [7, 11) is 0. The van der Waals surface area contributed by atoms with Gasteiger partial charge in [0.15, 0.2) is 0 Å².